The summed E-state index contributed by atoms with van der Waals surface area (Å²) in [4.78, 5) is 29.2. The van der Waals surface area contributed by atoms with Gasteiger partial charge in [-0.25, -0.2) is 0 Å². The first kappa shape index (κ1) is 24.6. The fourth-order valence-electron chi connectivity index (χ4n) is 4.43. The molecule has 0 bridgehead atoms. The molecule has 1 atom stereocenters. The van der Waals surface area contributed by atoms with Crippen molar-refractivity contribution in [2.75, 3.05) is 36.4 Å². The Bertz CT molecular complexity index is 937. The van der Waals surface area contributed by atoms with Gasteiger partial charge in [0, 0.05) is 50.1 Å². The standard InChI is InChI=1S/C28H37N3O2/c1-22(21-28(2,3)4)20-27(33)31-18-16-30(17-19-31)25-13-11-24(12-14-25)29-26(32)15-10-23-8-6-5-7-9-23/h5-15,22H,16-21H2,1-4H3,(H,29,32)/b15-10+. The molecule has 2 aromatic carbocycles. The van der Waals surface area contributed by atoms with Crippen LogP contribution in [-0.4, -0.2) is 42.9 Å². The Morgan fingerprint density at radius 2 is 1.61 bits per heavy atom. The van der Waals surface area contributed by atoms with Gasteiger partial charge in [0.25, 0.3) is 0 Å². The Morgan fingerprint density at radius 1 is 0.970 bits per heavy atom. The summed E-state index contributed by atoms with van der Waals surface area (Å²) in [6, 6.07) is 17.7. The molecule has 3 rings (SSSR count). The van der Waals surface area contributed by atoms with E-state index in [1.54, 1.807) is 12.2 Å². The van der Waals surface area contributed by atoms with Crippen molar-refractivity contribution >= 4 is 29.3 Å². The largest absolute Gasteiger partial charge is 0.368 e. The zero-order valence-electron chi connectivity index (χ0n) is 20.4. The van der Waals surface area contributed by atoms with E-state index in [9.17, 15) is 9.59 Å². The number of hydrogen-bond donors (Lipinski definition) is 1. The minimum absolute atomic E-state index is 0.153. The average Bonchev–Trinajstić information content (AvgIpc) is 2.78. The summed E-state index contributed by atoms with van der Waals surface area (Å²) in [5.74, 6) is 0.522. The number of nitrogens with zero attached hydrogens (tertiary/aromatic N) is 2. The van der Waals surface area contributed by atoms with Crippen LogP contribution < -0.4 is 10.2 Å². The molecular weight excluding hydrogens is 410 g/mol. The molecule has 176 valence electrons. The van der Waals surface area contributed by atoms with Crippen LogP contribution in [0.15, 0.2) is 60.7 Å². The predicted molar refractivity (Wildman–Crippen MR) is 137 cm³/mol. The average molecular weight is 448 g/mol. The molecule has 1 N–H and O–H groups in total. The highest BCUT2D eigenvalue weighted by atomic mass is 16.2. The van der Waals surface area contributed by atoms with Crippen molar-refractivity contribution in [3.05, 3.63) is 66.2 Å². The highest BCUT2D eigenvalue weighted by molar-refractivity contribution is 6.02. The number of nitrogens with one attached hydrogen (secondary N) is 1. The molecule has 33 heavy (non-hydrogen) atoms. The van der Waals surface area contributed by atoms with E-state index in [4.69, 9.17) is 0 Å². The maximum Gasteiger partial charge on any atom is 0.248 e. The number of rotatable bonds is 7. The zero-order chi connectivity index (χ0) is 23.8. The molecule has 2 aromatic rings. The molecular formula is C28H37N3O2. The molecule has 0 aliphatic carbocycles. The van der Waals surface area contributed by atoms with Crippen molar-refractivity contribution < 1.29 is 9.59 Å². The lowest BCUT2D eigenvalue weighted by Gasteiger charge is -2.37. The van der Waals surface area contributed by atoms with Crippen LogP contribution in [-0.2, 0) is 9.59 Å². The molecule has 1 unspecified atom stereocenters. The second-order valence-electron chi connectivity index (χ2n) is 10.2. The zero-order valence-corrected chi connectivity index (χ0v) is 20.4. The van der Waals surface area contributed by atoms with E-state index < -0.39 is 0 Å². The van der Waals surface area contributed by atoms with E-state index in [-0.39, 0.29) is 17.2 Å². The Balaban J connectivity index is 1.45. The highest BCUT2D eigenvalue weighted by Crippen LogP contribution is 2.27. The quantitative estimate of drug-likeness (QED) is 0.574. The smallest absolute Gasteiger partial charge is 0.248 e. The maximum absolute atomic E-state index is 12.7. The Hall–Kier alpha value is -3.08. The number of carbonyl (C=O) groups is 2. The number of hydrogen-bond acceptors (Lipinski definition) is 3. The van der Waals surface area contributed by atoms with Crippen LogP contribution in [0.5, 0.6) is 0 Å². The lowest BCUT2D eigenvalue weighted by molar-refractivity contribution is -0.132. The van der Waals surface area contributed by atoms with Gasteiger partial charge in [-0.15, -0.1) is 0 Å². The molecule has 0 spiro atoms. The molecule has 1 aliphatic heterocycles. The van der Waals surface area contributed by atoms with Crippen LogP contribution in [0, 0.1) is 11.3 Å². The molecule has 0 saturated carbocycles. The summed E-state index contributed by atoms with van der Waals surface area (Å²) in [6.45, 7) is 12.0. The summed E-state index contributed by atoms with van der Waals surface area (Å²) in [5.41, 5.74) is 3.12. The van der Waals surface area contributed by atoms with Crippen molar-refractivity contribution in [1.82, 2.24) is 4.90 Å². The van der Waals surface area contributed by atoms with Crippen LogP contribution in [0.25, 0.3) is 6.08 Å². The summed E-state index contributed by atoms with van der Waals surface area (Å²) in [6.07, 6.45) is 5.03. The number of amides is 2. The predicted octanol–water partition coefficient (Wildman–Crippen LogP) is 5.45. The van der Waals surface area contributed by atoms with E-state index >= 15 is 0 Å². The molecule has 5 heteroatoms. The molecule has 1 saturated heterocycles. The van der Waals surface area contributed by atoms with Crippen LogP contribution in [0.4, 0.5) is 11.4 Å². The van der Waals surface area contributed by atoms with Crippen LogP contribution >= 0.6 is 0 Å². The topological polar surface area (TPSA) is 52.7 Å². The maximum atomic E-state index is 12.7. The second-order valence-corrected chi connectivity index (χ2v) is 10.2. The van der Waals surface area contributed by atoms with E-state index in [1.807, 2.05) is 59.5 Å². The molecule has 5 nitrogen and oxygen atoms in total. The summed E-state index contributed by atoms with van der Waals surface area (Å²) in [7, 11) is 0. The third-order valence-electron chi connectivity index (χ3n) is 5.84. The van der Waals surface area contributed by atoms with Gasteiger partial charge in [-0.3, -0.25) is 9.59 Å². The van der Waals surface area contributed by atoms with Gasteiger partial charge in [-0.05, 0) is 53.7 Å². The fraction of sp³-hybridized carbons (Fsp3) is 0.429. The summed E-state index contributed by atoms with van der Waals surface area (Å²) >= 11 is 0. The number of piperazine rings is 1. The summed E-state index contributed by atoms with van der Waals surface area (Å²) < 4.78 is 0. The highest BCUT2D eigenvalue weighted by Gasteiger charge is 2.24. The van der Waals surface area contributed by atoms with Crippen LogP contribution in [0.2, 0.25) is 0 Å². The number of carbonyl (C=O) groups excluding carboxylic acids is 2. The molecule has 2 amide bonds. The van der Waals surface area contributed by atoms with Crippen LogP contribution in [0.3, 0.4) is 0 Å². The molecule has 1 heterocycles. The van der Waals surface area contributed by atoms with Gasteiger partial charge in [0.05, 0.1) is 0 Å². The minimum atomic E-state index is -0.153. The fourth-order valence-corrected chi connectivity index (χ4v) is 4.43. The minimum Gasteiger partial charge on any atom is -0.368 e. The molecule has 1 fully saturated rings. The van der Waals surface area contributed by atoms with Gasteiger partial charge in [0.15, 0.2) is 0 Å². The van der Waals surface area contributed by atoms with Gasteiger partial charge in [0.2, 0.25) is 11.8 Å². The Kier molecular flexibility index (Phi) is 8.32. The van der Waals surface area contributed by atoms with Crippen molar-refractivity contribution in [2.24, 2.45) is 11.3 Å². The SMILES string of the molecule is CC(CC(=O)N1CCN(c2ccc(NC(=O)/C=C/c3ccccc3)cc2)CC1)CC(C)(C)C. The van der Waals surface area contributed by atoms with Crippen molar-refractivity contribution in [2.45, 2.75) is 40.5 Å². The van der Waals surface area contributed by atoms with Crippen LogP contribution in [0.1, 0.15) is 46.1 Å². The third kappa shape index (κ3) is 8.08. The Morgan fingerprint density at radius 3 is 2.21 bits per heavy atom. The molecule has 1 aliphatic rings. The molecule has 0 radical (unpaired) electrons. The van der Waals surface area contributed by atoms with E-state index in [1.165, 1.54) is 0 Å². The van der Waals surface area contributed by atoms with Crippen molar-refractivity contribution in [1.29, 1.82) is 0 Å². The van der Waals surface area contributed by atoms with E-state index in [0.29, 0.717) is 12.3 Å². The molecule has 0 aromatic heterocycles. The normalized spacial score (nSPS) is 15.5. The van der Waals surface area contributed by atoms with Gasteiger partial charge in [-0.1, -0.05) is 58.0 Å². The summed E-state index contributed by atoms with van der Waals surface area (Å²) in [5, 5.41) is 2.90. The van der Waals surface area contributed by atoms with Crippen molar-refractivity contribution in [3.63, 3.8) is 0 Å². The van der Waals surface area contributed by atoms with Gasteiger partial charge < -0.3 is 15.1 Å². The first-order chi connectivity index (χ1) is 15.7. The monoisotopic (exact) mass is 447 g/mol. The Labute approximate surface area is 198 Å². The van der Waals surface area contributed by atoms with Gasteiger partial charge >= 0.3 is 0 Å². The first-order valence-electron chi connectivity index (χ1n) is 11.9. The van der Waals surface area contributed by atoms with Gasteiger partial charge in [-0.2, -0.15) is 0 Å². The van der Waals surface area contributed by atoms with E-state index in [0.717, 1.165) is 49.5 Å². The lowest BCUT2D eigenvalue weighted by Crippen LogP contribution is -2.49. The lowest BCUT2D eigenvalue weighted by atomic mass is 9.84. The second kappa shape index (κ2) is 11.2. The number of anilines is 2. The third-order valence-corrected chi connectivity index (χ3v) is 5.84. The van der Waals surface area contributed by atoms with Gasteiger partial charge in [0.1, 0.15) is 0 Å². The first-order valence-corrected chi connectivity index (χ1v) is 11.9. The van der Waals surface area contributed by atoms with Crippen molar-refractivity contribution in [3.8, 4) is 0 Å². The van der Waals surface area contributed by atoms with E-state index in [2.05, 4.69) is 37.9 Å². The number of benzene rings is 2.